The second-order valence-electron chi connectivity index (χ2n) is 5.59. The maximum absolute atomic E-state index is 12.5. The number of benzene rings is 1. The van der Waals surface area contributed by atoms with Crippen LogP contribution in [0.1, 0.15) is 10.5 Å². The van der Waals surface area contributed by atoms with E-state index in [1.54, 1.807) is 12.3 Å². The first-order chi connectivity index (χ1) is 11.4. The van der Waals surface area contributed by atoms with Crippen molar-refractivity contribution in [3.05, 3.63) is 46.6 Å². The van der Waals surface area contributed by atoms with Gasteiger partial charge in [0.15, 0.2) is 6.72 Å². The zero-order chi connectivity index (χ0) is 17.4. The van der Waals surface area contributed by atoms with Gasteiger partial charge in [-0.1, -0.05) is 4.68 Å². The molecule has 0 aliphatic carbocycles. The van der Waals surface area contributed by atoms with Gasteiger partial charge in [0.05, 0.1) is 16.6 Å². The Balaban J connectivity index is 2.05. The summed E-state index contributed by atoms with van der Waals surface area (Å²) < 4.78 is 2.12. The van der Waals surface area contributed by atoms with Crippen molar-refractivity contribution >= 4 is 36.0 Å². The van der Waals surface area contributed by atoms with Crippen molar-refractivity contribution in [3.63, 3.8) is 0 Å². The lowest BCUT2D eigenvalue weighted by Crippen LogP contribution is -2.42. The van der Waals surface area contributed by atoms with Crippen LogP contribution in [-0.2, 0) is 0 Å². The van der Waals surface area contributed by atoms with E-state index < -0.39 is 5.91 Å². The lowest BCUT2D eigenvalue weighted by Gasteiger charge is -2.17. The van der Waals surface area contributed by atoms with Gasteiger partial charge in [0, 0.05) is 25.3 Å². The van der Waals surface area contributed by atoms with Crippen molar-refractivity contribution in [1.82, 2.24) is 0 Å². The standard InChI is InChI=1S/C16H16N6O2/c1-20(2)14-8-11-10(9-21(3)19-11)7-12(14)18-16(23)13-5-4-6-15(17)22(13)24/h4-9,17,24H,3H2,1-2H3/p+2. The number of nitrogens with two attached hydrogens (primary N) is 1. The molecule has 24 heavy (non-hydrogen) atoms. The van der Waals surface area contributed by atoms with Crippen molar-refractivity contribution in [2.45, 2.75) is 0 Å². The van der Waals surface area contributed by atoms with E-state index in [-0.39, 0.29) is 11.5 Å². The smallest absolute Gasteiger partial charge is 0.312 e. The number of carbonyl (C=O) groups excluding carboxylic acids is 1. The Labute approximate surface area is 138 Å². The molecule has 0 saturated carbocycles. The fourth-order valence-electron chi connectivity index (χ4n) is 2.46. The molecular formula is C16H18N6O2+2. The Morgan fingerprint density at radius 2 is 2.12 bits per heavy atom. The van der Waals surface area contributed by atoms with Gasteiger partial charge in [0.1, 0.15) is 5.36 Å². The van der Waals surface area contributed by atoms with Gasteiger partial charge in [-0.25, -0.2) is 0 Å². The maximum atomic E-state index is 12.5. The van der Waals surface area contributed by atoms with E-state index in [4.69, 9.17) is 5.73 Å². The summed E-state index contributed by atoms with van der Waals surface area (Å²) in [5.41, 5.74) is 7.02. The van der Waals surface area contributed by atoms with Crippen LogP contribution in [0.25, 0.3) is 6.20 Å². The Bertz CT molecular complexity index is 981. The van der Waals surface area contributed by atoms with Crippen LogP contribution in [0.3, 0.4) is 0 Å². The fraction of sp³-hybridized carbons (Fsp3) is 0.125. The second kappa shape index (κ2) is 5.65. The van der Waals surface area contributed by atoms with Gasteiger partial charge in [-0.05, 0) is 29.0 Å². The van der Waals surface area contributed by atoms with Crippen LogP contribution in [0.2, 0.25) is 0 Å². The van der Waals surface area contributed by atoms with E-state index >= 15 is 0 Å². The number of aromatic nitrogens is 1. The third-order valence-electron chi connectivity index (χ3n) is 3.63. The van der Waals surface area contributed by atoms with Crippen LogP contribution in [0.5, 0.6) is 0 Å². The normalized spacial score (nSPS) is 12.2. The lowest BCUT2D eigenvalue weighted by atomic mass is 10.2. The van der Waals surface area contributed by atoms with E-state index in [1.165, 1.54) is 16.8 Å². The van der Waals surface area contributed by atoms with Crippen LogP contribution in [0.4, 0.5) is 17.2 Å². The molecule has 1 aromatic heterocycles. The molecule has 0 fully saturated rings. The third kappa shape index (κ3) is 2.65. The summed E-state index contributed by atoms with van der Waals surface area (Å²) in [6, 6.07) is 8.24. The largest absolute Gasteiger partial charge is 0.376 e. The average Bonchev–Trinajstić information content (AvgIpc) is 2.88. The molecule has 3 rings (SSSR count). The fourth-order valence-corrected chi connectivity index (χ4v) is 2.46. The molecular weight excluding hydrogens is 308 g/mol. The van der Waals surface area contributed by atoms with Crippen molar-refractivity contribution in [2.24, 2.45) is 5.10 Å². The van der Waals surface area contributed by atoms with Gasteiger partial charge in [0.25, 0.3) is 5.91 Å². The summed E-state index contributed by atoms with van der Waals surface area (Å²) in [5.74, 6) is -0.404. The number of amides is 1. The van der Waals surface area contributed by atoms with Gasteiger partial charge < -0.3 is 15.4 Å². The van der Waals surface area contributed by atoms with Gasteiger partial charge in [0.2, 0.25) is 11.9 Å². The quantitative estimate of drug-likeness (QED) is 0.503. The number of nitrogens with one attached hydrogen (secondary N) is 1. The molecule has 0 saturated heterocycles. The highest BCUT2D eigenvalue weighted by Crippen LogP contribution is 2.21. The van der Waals surface area contributed by atoms with E-state index in [0.29, 0.717) is 10.4 Å². The molecule has 2 heterocycles. The molecule has 1 aliphatic heterocycles. The topological polar surface area (TPSA) is 97.8 Å². The number of anilines is 3. The maximum Gasteiger partial charge on any atom is 0.312 e. The van der Waals surface area contributed by atoms with Gasteiger partial charge >= 0.3 is 5.82 Å². The van der Waals surface area contributed by atoms with Crippen LogP contribution in [0.15, 0.2) is 35.4 Å². The van der Waals surface area contributed by atoms with Gasteiger partial charge in [-0.3, -0.25) is 10.5 Å². The third-order valence-corrected chi connectivity index (χ3v) is 3.63. The molecule has 0 bridgehead atoms. The summed E-state index contributed by atoms with van der Waals surface area (Å²) in [6.07, 6.45) is 1.76. The predicted molar refractivity (Wildman–Crippen MR) is 89.6 cm³/mol. The molecule has 0 unspecified atom stereocenters. The molecule has 1 amide bonds. The molecule has 122 valence electrons. The van der Waals surface area contributed by atoms with Crippen molar-refractivity contribution in [1.29, 1.82) is 0 Å². The molecule has 1 aliphatic rings. The molecule has 8 heteroatoms. The second-order valence-corrected chi connectivity index (χ2v) is 5.59. The first kappa shape index (κ1) is 15.5. The number of pyridine rings is 1. The Hall–Kier alpha value is -3.42. The van der Waals surface area contributed by atoms with Gasteiger partial charge in [-0.15, -0.1) is 0 Å². The number of rotatable bonds is 3. The number of nitrogen functional groups attached to an aromatic ring is 1. The van der Waals surface area contributed by atoms with E-state index in [1.807, 2.05) is 31.1 Å². The summed E-state index contributed by atoms with van der Waals surface area (Å²) >= 11 is 0. The van der Waals surface area contributed by atoms with E-state index in [2.05, 4.69) is 17.1 Å². The first-order valence-electron chi connectivity index (χ1n) is 7.19. The molecule has 0 spiro atoms. The molecule has 0 radical (unpaired) electrons. The summed E-state index contributed by atoms with van der Waals surface area (Å²) in [5, 5.41) is 18.6. The van der Waals surface area contributed by atoms with E-state index in [0.717, 1.165) is 16.3 Å². The Kier molecular flexibility index (Phi) is 3.64. The highest BCUT2D eigenvalue weighted by molar-refractivity contribution is 6.03. The minimum atomic E-state index is -0.478. The summed E-state index contributed by atoms with van der Waals surface area (Å²) in [6.45, 7) is 3.75. The van der Waals surface area contributed by atoms with E-state index in [9.17, 15) is 10.0 Å². The molecule has 2 aromatic rings. The highest BCUT2D eigenvalue weighted by atomic mass is 16.5. The number of hydrogen-bond donors (Lipinski definition) is 3. The van der Waals surface area contributed by atoms with Crippen molar-refractivity contribution in [3.8, 4) is 0 Å². The molecule has 8 nitrogen and oxygen atoms in total. The van der Waals surface area contributed by atoms with Crippen LogP contribution in [-0.4, -0.2) is 36.6 Å². The van der Waals surface area contributed by atoms with Crippen LogP contribution >= 0.6 is 0 Å². The van der Waals surface area contributed by atoms with Crippen molar-refractivity contribution < 1.29 is 19.4 Å². The highest BCUT2D eigenvalue weighted by Gasteiger charge is 2.20. The predicted octanol–water partition coefficient (Wildman–Crippen LogP) is -0.889. The Morgan fingerprint density at radius 3 is 2.83 bits per heavy atom. The molecule has 4 N–H and O–H groups in total. The molecule has 1 aromatic carbocycles. The minimum absolute atomic E-state index is 0.0349. The number of hydrogen-bond acceptors (Lipinski definition) is 5. The average molecular weight is 326 g/mol. The number of nitrogens with zero attached hydrogens (tertiary/aromatic N) is 4. The SMILES string of the molecule is C=[N+]1C=c2cc(NC(=O)c3cccc(N)[n+]3O)c(N(C)C)cc2=N1. The zero-order valence-corrected chi connectivity index (χ0v) is 13.4. The molecule has 0 atom stereocenters. The summed E-state index contributed by atoms with van der Waals surface area (Å²) in [4.78, 5) is 14.4. The monoisotopic (exact) mass is 326 g/mol. The van der Waals surface area contributed by atoms with Crippen LogP contribution < -0.4 is 31.3 Å². The zero-order valence-electron chi connectivity index (χ0n) is 13.4. The van der Waals surface area contributed by atoms with Crippen LogP contribution in [0, 0.1) is 0 Å². The lowest BCUT2D eigenvalue weighted by molar-refractivity contribution is -0.894. The van der Waals surface area contributed by atoms with Crippen molar-refractivity contribution in [2.75, 3.05) is 30.0 Å². The number of fused-ring (bicyclic) bond motifs is 1. The number of carbonyl (C=O) groups is 1. The Morgan fingerprint density at radius 1 is 1.38 bits per heavy atom. The summed E-state index contributed by atoms with van der Waals surface area (Å²) in [7, 11) is 3.73. The van der Waals surface area contributed by atoms with Gasteiger partial charge in [-0.2, -0.15) is 0 Å². The minimum Gasteiger partial charge on any atom is -0.376 e. The first-order valence-corrected chi connectivity index (χ1v) is 7.19.